The predicted molar refractivity (Wildman–Crippen MR) is 163 cm³/mol. The second kappa shape index (κ2) is 27.5. The van der Waals surface area contributed by atoms with Crippen LogP contribution in [-0.4, -0.2) is 36.5 Å². The van der Waals surface area contributed by atoms with Crippen LogP contribution in [0.5, 0.6) is 0 Å². The summed E-state index contributed by atoms with van der Waals surface area (Å²) < 4.78 is -1.42. The molecule has 38 heavy (non-hydrogen) atoms. The third-order valence-electron chi connectivity index (χ3n) is 6.28. The number of unbranched alkanes of at least 4 members (excludes halogenated alkanes) is 16. The molecule has 0 aromatic rings. The van der Waals surface area contributed by atoms with Crippen molar-refractivity contribution in [3.05, 3.63) is 0 Å². The summed E-state index contributed by atoms with van der Waals surface area (Å²) >= 11 is 1.64. The maximum atomic E-state index is 12.4. The van der Waals surface area contributed by atoms with Crippen molar-refractivity contribution in [3.63, 3.8) is 0 Å². The number of hydrogen-bond acceptors (Lipinski definition) is 6. The first kappa shape index (κ1) is 39.1. The van der Waals surface area contributed by atoms with E-state index >= 15 is 0 Å². The zero-order chi connectivity index (χ0) is 29.1. The van der Waals surface area contributed by atoms with Gasteiger partial charge in [0.15, 0.2) is 14.3 Å². The van der Waals surface area contributed by atoms with Crippen molar-refractivity contribution in [2.24, 2.45) is 0 Å². The quantitative estimate of drug-likeness (QED) is 0.0863. The van der Waals surface area contributed by atoms with Crippen LogP contribution in [0.1, 0.15) is 163 Å². The molecule has 8 heteroatoms. The van der Waals surface area contributed by atoms with Crippen LogP contribution in [0, 0.1) is 0 Å². The molecule has 0 rings (SSSR count). The Morgan fingerprint density at radius 1 is 0.526 bits per heavy atom. The number of carbonyl (C=O) groups is 4. The SMILES string of the molecule is CCC(=O)O.CCCCCCCCCCCC(=O)SC(C)(SC(=O)CCCCCCCCCCC)C(=O)O. The van der Waals surface area contributed by atoms with Crippen LogP contribution in [0.3, 0.4) is 0 Å². The van der Waals surface area contributed by atoms with Gasteiger partial charge in [0.05, 0.1) is 0 Å². The molecule has 0 unspecified atom stereocenters. The Morgan fingerprint density at radius 2 is 0.789 bits per heavy atom. The molecule has 0 aromatic carbocycles. The fraction of sp³-hybridized carbons (Fsp3) is 0.867. The van der Waals surface area contributed by atoms with Crippen molar-refractivity contribution in [1.82, 2.24) is 0 Å². The Hall–Kier alpha value is -1.02. The molecule has 0 radical (unpaired) electrons. The molecule has 0 aliphatic rings. The lowest BCUT2D eigenvalue weighted by atomic mass is 10.1. The highest BCUT2D eigenvalue weighted by atomic mass is 32.2. The van der Waals surface area contributed by atoms with Crippen molar-refractivity contribution in [1.29, 1.82) is 0 Å². The molecular formula is C30H56O6S2. The minimum Gasteiger partial charge on any atom is -0.481 e. The number of carbonyl (C=O) groups excluding carboxylic acids is 2. The lowest BCUT2D eigenvalue weighted by Crippen LogP contribution is -2.30. The van der Waals surface area contributed by atoms with Gasteiger partial charge in [-0.25, -0.2) is 4.79 Å². The van der Waals surface area contributed by atoms with Gasteiger partial charge < -0.3 is 10.2 Å². The van der Waals surface area contributed by atoms with Crippen molar-refractivity contribution >= 4 is 45.7 Å². The first-order chi connectivity index (χ1) is 18.1. The van der Waals surface area contributed by atoms with Crippen LogP contribution in [0.15, 0.2) is 0 Å². The molecule has 0 amide bonds. The third-order valence-corrected chi connectivity index (χ3v) is 8.77. The number of carboxylic acids is 2. The van der Waals surface area contributed by atoms with Gasteiger partial charge in [-0.15, -0.1) is 0 Å². The zero-order valence-electron chi connectivity index (χ0n) is 24.7. The molecule has 0 heterocycles. The smallest absolute Gasteiger partial charge is 0.330 e. The third kappa shape index (κ3) is 26.6. The second-order valence-electron chi connectivity index (χ2n) is 10.1. The van der Waals surface area contributed by atoms with E-state index in [4.69, 9.17) is 5.11 Å². The first-order valence-electron chi connectivity index (χ1n) is 15.0. The minimum atomic E-state index is -1.42. The normalized spacial score (nSPS) is 11.1. The Bertz CT molecular complexity index is 588. The van der Waals surface area contributed by atoms with E-state index in [1.165, 1.54) is 84.0 Å². The number of rotatable bonds is 24. The highest BCUT2D eigenvalue weighted by molar-refractivity contribution is 8.31. The fourth-order valence-electron chi connectivity index (χ4n) is 3.80. The predicted octanol–water partition coefficient (Wildman–Crippen LogP) is 9.63. The van der Waals surface area contributed by atoms with Gasteiger partial charge in [-0.1, -0.05) is 147 Å². The molecule has 0 aromatic heterocycles. The average molecular weight is 577 g/mol. The zero-order valence-corrected chi connectivity index (χ0v) is 26.3. The van der Waals surface area contributed by atoms with Gasteiger partial charge in [-0.05, 0) is 19.8 Å². The van der Waals surface area contributed by atoms with Gasteiger partial charge in [-0.3, -0.25) is 14.4 Å². The van der Waals surface area contributed by atoms with Crippen molar-refractivity contribution in [2.45, 2.75) is 167 Å². The summed E-state index contributed by atoms with van der Waals surface area (Å²) in [6, 6.07) is 0. The maximum absolute atomic E-state index is 12.4. The van der Waals surface area contributed by atoms with Crippen LogP contribution < -0.4 is 0 Å². The largest absolute Gasteiger partial charge is 0.481 e. The molecular weight excluding hydrogens is 520 g/mol. The molecule has 6 nitrogen and oxygen atoms in total. The average Bonchev–Trinajstić information content (AvgIpc) is 2.86. The van der Waals surface area contributed by atoms with E-state index in [0.29, 0.717) is 12.8 Å². The van der Waals surface area contributed by atoms with Gasteiger partial charge in [0, 0.05) is 19.3 Å². The number of aliphatic carboxylic acids is 2. The van der Waals surface area contributed by atoms with Gasteiger partial charge in [0.2, 0.25) is 0 Å². The van der Waals surface area contributed by atoms with E-state index in [0.717, 1.165) is 62.0 Å². The second-order valence-corrected chi connectivity index (χ2v) is 13.3. The van der Waals surface area contributed by atoms with Crippen LogP contribution >= 0.6 is 23.5 Å². The van der Waals surface area contributed by atoms with Crippen LogP contribution in [-0.2, 0) is 19.2 Å². The van der Waals surface area contributed by atoms with E-state index in [9.17, 15) is 24.3 Å². The molecule has 0 fully saturated rings. The van der Waals surface area contributed by atoms with E-state index in [2.05, 4.69) is 13.8 Å². The van der Waals surface area contributed by atoms with Crippen molar-refractivity contribution < 1.29 is 29.4 Å². The van der Waals surface area contributed by atoms with Crippen molar-refractivity contribution in [2.75, 3.05) is 0 Å². The summed E-state index contributed by atoms with van der Waals surface area (Å²) in [5.41, 5.74) is 0. The summed E-state index contributed by atoms with van der Waals surface area (Å²) in [7, 11) is 0. The molecule has 0 bridgehead atoms. The first-order valence-corrected chi connectivity index (χ1v) is 16.6. The highest BCUT2D eigenvalue weighted by Crippen LogP contribution is 2.40. The Labute approximate surface area is 241 Å². The summed E-state index contributed by atoms with van der Waals surface area (Å²) in [5.74, 6) is -1.84. The van der Waals surface area contributed by atoms with E-state index < -0.39 is 16.0 Å². The molecule has 0 aliphatic carbocycles. The Balaban J connectivity index is 0. The van der Waals surface area contributed by atoms with Crippen LogP contribution in [0.4, 0.5) is 0 Å². The monoisotopic (exact) mass is 576 g/mol. The van der Waals surface area contributed by atoms with E-state index in [1.807, 2.05) is 0 Å². The highest BCUT2D eigenvalue weighted by Gasteiger charge is 2.39. The number of carboxylic acid groups (broad SMARTS) is 2. The topological polar surface area (TPSA) is 109 Å². The Morgan fingerprint density at radius 3 is 1.03 bits per heavy atom. The van der Waals surface area contributed by atoms with E-state index in [1.54, 1.807) is 6.92 Å². The summed E-state index contributed by atoms with van der Waals surface area (Å²) in [4.78, 5) is 45.9. The van der Waals surface area contributed by atoms with E-state index in [-0.39, 0.29) is 16.7 Å². The lowest BCUT2D eigenvalue weighted by Gasteiger charge is -2.21. The van der Waals surface area contributed by atoms with Gasteiger partial charge in [-0.2, -0.15) is 0 Å². The van der Waals surface area contributed by atoms with Gasteiger partial charge in [0.1, 0.15) is 0 Å². The standard InChI is InChI=1S/C27H50O4S2.C3H6O2/c1-4-6-8-10-12-14-16-18-20-22-24(28)32-27(3,26(30)31)33-25(29)23-21-19-17-15-13-11-9-7-5-2;1-2-3(4)5/h4-23H2,1-3H3,(H,30,31);2H2,1H3,(H,4,5). The van der Waals surface area contributed by atoms with Gasteiger partial charge in [0.25, 0.3) is 0 Å². The molecule has 0 saturated carbocycles. The lowest BCUT2D eigenvalue weighted by molar-refractivity contribution is -0.137. The molecule has 0 saturated heterocycles. The van der Waals surface area contributed by atoms with Crippen molar-refractivity contribution in [3.8, 4) is 0 Å². The summed E-state index contributed by atoms with van der Waals surface area (Å²) in [6.45, 7) is 7.53. The van der Waals surface area contributed by atoms with Crippen LogP contribution in [0.25, 0.3) is 0 Å². The summed E-state index contributed by atoms with van der Waals surface area (Å²) in [5, 5.41) is 17.1. The van der Waals surface area contributed by atoms with Gasteiger partial charge >= 0.3 is 11.9 Å². The summed E-state index contributed by atoms with van der Waals surface area (Å²) in [6.07, 6.45) is 22.2. The molecule has 224 valence electrons. The van der Waals surface area contributed by atoms with Crippen LogP contribution in [0.2, 0.25) is 0 Å². The molecule has 0 spiro atoms. The number of thioether (sulfide) groups is 2. The minimum absolute atomic E-state index is 0.119. The molecule has 0 atom stereocenters. The number of hydrogen-bond donors (Lipinski definition) is 2. The maximum Gasteiger partial charge on any atom is 0.330 e. The Kier molecular flexibility index (Phi) is 28.4. The fourth-order valence-corrected chi connectivity index (χ4v) is 6.07. The molecule has 2 N–H and O–H groups in total. The molecule has 0 aliphatic heterocycles.